The molecule has 0 bridgehead atoms. The van der Waals surface area contributed by atoms with Gasteiger partial charge < -0.3 is 0 Å². The number of halogens is 2. The van der Waals surface area contributed by atoms with Crippen molar-refractivity contribution in [3.63, 3.8) is 0 Å². The van der Waals surface area contributed by atoms with Crippen molar-refractivity contribution < 1.29 is 13.6 Å². The van der Waals surface area contributed by atoms with E-state index in [1.54, 1.807) is 18.2 Å². The second-order valence-electron chi connectivity index (χ2n) is 4.06. The van der Waals surface area contributed by atoms with E-state index in [2.05, 4.69) is 0 Å². The molecule has 0 saturated heterocycles. The van der Waals surface area contributed by atoms with Crippen LogP contribution in [-0.2, 0) is 0 Å². The number of nitriles is 1. The molecule has 0 unspecified atom stereocenters. The van der Waals surface area contributed by atoms with E-state index in [0.29, 0.717) is 11.1 Å². The van der Waals surface area contributed by atoms with Crippen LogP contribution in [0, 0.1) is 23.0 Å². The van der Waals surface area contributed by atoms with E-state index in [-0.39, 0.29) is 11.3 Å². The monoisotopic (exact) mass is 269 g/mol. The molecule has 0 saturated carbocycles. The molecule has 0 aromatic heterocycles. The van der Waals surface area contributed by atoms with Crippen molar-refractivity contribution in [1.82, 2.24) is 0 Å². The second kappa shape index (κ2) is 5.89. The molecule has 2 nitrogen and oxygen atoms in total. The lowest BCUT2D eigenvalue weighted by Crippen LogP contribution is -1.95. The largest absolute Gasteiger partial charge is 0.289 e. The SMILES string of the molecule is N#Cc1cccc(C(=O)/C=C/c2ccc(F)cc2F)c1. The highest BCUT2D eigenvalue weighted by Gasteiger charge is 2.04. The molecule has 2 aromatic carbocycles. The number of nitrogens with zero attached hydrogens (tertiary/aromatic N) is 1. The van der Waals surface area contributed by atoms with Gasteiger partial charge in [0, 0.05) is 17.2 Å². The molecule has 0 N–H and O–H groups in total. The van der Waals surface area contributed by atoms with E-state index in [9.17, 15) is 13.6 Å². The van der Waals surface area contributed by atoms with Crippen molar-refractivity contribution >= 4 is 11.9 Å². The van der Waals surface area contributed by atoms with Crippen LogP contribution in [0.4, 0.5) is 8.78 Å². The fourth-order valence-corrected chi connectivity index (χ4v) is 1.64. The summed E-state index contributed by atoms with van der Waals surface area (Å²) in [6.45, 7) is 0. The Morgan fingerprint density at radius 2 is 1.95 bits per heavy atom. The van der Waals surface area contributed by atoms with Crippen molar-refractivity contribution in [2.24, 2.45) is 0 Å². The molecule has 4 heteroatoms. The Balaban J connectivity index is 2.22. The van der Waals surface area contributed by atoms with Crippen molar-refractivity contribution in [3.8, 4) is 6.07 Å². The zero-order valence-corrected chi connectivity index (χ0v) is 10.3. The normalized spacial score (nSPS) is 10.4. The Labute approximate surface area is 114 Å². The summed E-state index contributed by atoms with van der Waals surface area (Å²) in [5.74, 6) is -1.77. The van der Waals surface area contributed by atoms with E-state index < -0.39 is 11.6 Å². The van der Waals surface area contributed by atoms with Crippen LogP contribution in [0.15, 0.2) is 48.5 Å². The van der Waals surface area contributed by atoms with E-state index in [1.165, 1.54) is 24.3 Å². The van der Waals surface area contributed by atoms with Crippen LogP contribution >= 0.6 is 0 Å². The molecule has 0 radical (unpaired) electrons. The molecule has 0 amide bonds. The zero-order chi connectivity index (χ0) is 14.5. The first-order chi connectivity index (χ1) is 9.60. The Bertz CT molecular complexity index is 729. The number of hydrogen-bond donors (Lipinski definition) is 0. The highest BCUT2D eigenvalue weighted by molar-refractivity contribution is 6.07. The van der Waals surface area contributed by atoms with Gasteiger partial charge in [0.25, 0.3) is 0 Å². The molecule has 98 valence electrons. The van der Waals surface area contributed by atoms with Gasteiger partial charge in [-0.25, -0.2) is 8.78 Å². The van der Waals surface area contributed by atoms with Gasteiger partial charge in [-0.05, 0) is 36.4 Å². The standard InChI is InChI=1S/C16H9F2NO/c17-14-6-4-12(15(18)9-14)5-7-16(20)13-3-1-2-11(8-13)10-19/h1-9H/b7-5+. The second-order valence-corrected chi connectivity index (χ2v) is 4.06. The summed E-state index contributed by atoms with van der Waals surface area (Å²) < 4.78 is 26.1. The first-order valence-electron chi connectivity index (χ1n) is 5.78. The molecule has 0 aliphatic rings. The van der Waals surface area contributed by atoms with Gasteiger partial charge in [-0.3, -0.25) is 4.79 Å². The van der Waals surface area contributed by atoms with Crippen LogP contribution in [0.25, 0.3) is 6.08 Å². The summed E-state index contributed by atoms with van der Waals surface area (Å²) in [7, 11) is 0. The number of allylic oxidation sites excluding steroid dienone is 1. The summed E-state index contributed by atoms with van der Waals surface area (Å²) in [4.78, 5) is 11.9. The van der Waals surface area contributed by atoms with Crippen LogP contribution in [0.3, 0.4) is 0 Å². The Hall–Kier alpha value is -2.80. The minimum absolute atomic E-state index is 0.121. The number of carbonyl (C=O) groups excluding carboxylic acids is 1. The quantitative estimate of drug-likeness (QED) is 0.629. The molecule has 0 heterocycles. The molecular weight excluding hydrogens is 260 g/mol. The molecule has 0 spiro atoms. The van der Waals surface area contributed by atoms with Gasteiger partial charge in [-0.1, -0.05) is 12.1 Å². The highest BCUT2D eigenvalue weighted by Crippen LogP contribution is 2.12. The van der Waals surface area contributed by atoms with Gasteiger partial charge in [0.05, 0.1) is 11.6 Å². The molecule has 0 aliphatic carbocycles. The van der Waals surface area contributed by atoms with Crippen LogP contribution in [0.1, 0.15) is 21.5 Å². The minimum atomic E-state index is -0.736. The van der Waals surface area contributed by atoms with Crippen LogP contribution in [0.2, 0.25) is 0 Å². The first-order valence-corrected chi connectivity index (χ1v) is 5.78. The lowest BCUT2D eigenvalue weighted by atomic mass is 10.1. The molecule has 0 aliphatic heterocycles. The Morgan fingerprint density at radius 1 is 1.15 bits per heavy atom. The predicted octanol–water partition coefficient (Wildman–Crippen LogP) is 3.73. The topological polar surface area (TPSA) is 40.9 Å². The maximum absolute atomic E-state index is 13.4. The van der Waals surface area contributed by atoms with Crippen molar-refractivity contribution in [1.29, 1.82) is 5.26 Å². The predicted molar refractivity (Wildman–Crippen MR) is 70.9 cm³/mol. The average Bonchev–Trinajstić information content (AvgIpc) is 2.46. The van der Waals surface area contributed by atoms with E-state index in [1.807, 2.05) is 6.07 Å². The highest BCUT2D eigenvalue weighted by atomic mass is 19.1. The van der Waals surface area contributed by atoms with Gasteiger partial charge in [0.15, 0.2) is 5.78 Å². The lowest BCUT2D eigenvalue weighted by Gasteiger charge is -1.98. The molecule has 0 atom stereocenters. The van der Waals surface area contributed by atoms with Crippen molar-refractivity contribution in [2.75, 3.05) is 0 Å². The van der Waals surface area contributed by atoms with Gasteiger partial charge in [-0.2, -0.15) is 5.26 Å². The zero-order valence-electron chi connectivity index (χ0n) is 10.3. The fourth-order valence-electron chi connectivity index (χ4n) is 1.64. The lowest BCUT2D eigenvalue weighted by molar-refractivity contribution is 0.104. The third-order valence-electron chi connectivity index (χ3n) is 2.65. The number of benzene rings is 2. The number of carbonyl (C=O) groups is 1. The molecule has 2 rings (SSSR count). The molecule has 2 aromatic rings. The van der Waals surface area contributed by atoms with Crippen LogP contribution in [-0.4, -0.2) is 5.78 Å². The Morgan fingerprint density at radius 3 is 2.65 bits per heavy atom. The molecule has 20 heavy (non-hydrogen) atoms. The summed E-state index contributed by atoms with van der Waals surface area (Å²) in [6, 6.07) is 11.2. The smallest absolute Gasteiger partial charge is 0.185 e. The molecular formula is C16H9F2NO. The maximum Gasteiger partial charge on any atom is 0.185 e. The number of ketones is 1. The fraction of sp³-hybridized carbons (Fsp3) is 0. The molecule has 0 fully saturated rings. The third kappa shape index (κ3) is 3.15. The van der Waals surface area contributed by atoms with E-state index in [0.717, 1.165) is 12.1 Å². The van der Waals surface area contributed by atoms with E-state index in [4.69, 9.17) is 5.26 Å². The van der Waals surface area contributed by atoms with E-state index >= 15 is 0 Å². The summed E-state index contributed by atoms with van der Waals surface area (Å²) in [6.07, 6.45) is 2.46. The first kappa shape index (κ1) is 13.6. The number of hydrogen-bond acceptors (Lipinski definition) is 2. The van der Waals surface area contributed by atoms with Gasteiger partial charge in [0.2, 0.25) is 0 Å². The maximum atomic E-state index is 13.4. The van der Waals surface area contributed by atoms with Crippen LogP contribution in [0.5, 0.6) is 0 Å². The van der Waals surface area contributed by atoms with Crippen molar-refractivity contribution in [2.45, 2.75) is 0 Å². The minimum Gasteiger partial charge on any atom is -0.289 e. The van der Waals surface area contributed by atoms with Crippen LogP contribution < -0.4 is 0 Å². The number of rotatable bonds is 3. The Kier molecular flexibility index (Phi) is 4.02. The third-order valence-corrected chi connectivity index (χ3v) is 2.65. The average molecular weight is 269 g/mol. The summed E-state index contributed by atoms with van der Waals surface area (Å²) >= 11 is 0. The summed E-state index contributed by atoms with van der Waals surface area (Å²) in [5.41, 5.74) is 0.830. The van der Waals surface area contributed by atoms with Gasteiger partial charge in [-0.15, -0.1) is 0 Å². The van der Waals surface area contributed by atoms with Gasteiger partial charge >= 0.3 is 0 Å². The van der Waals surface area contributed by atoms with Crippen molar-refractivity contribution in [3.05, 3.63) is 76.9 Å². The summed E-state index contributed by atoms with van der Waals surface area (Å²) in [5, 5.41) is 8.75. The van der Waals surface area contributed by atoms with Gasteiger partial charge in [0.1, 0.15) is 11.6 Å².